The normalized spacial score (nSPS) is 52.5. The zero-order valence-corrected chi connectivity index (χ0v) is 9.39. The highest BCUT2D eigenvalue weighted by Gasteiger charge is 2.45. The number of likely N-dealkylation sites (N-methyl/N-ethyl adjacent to an activating group) is 1. The van der Waals surface area contributed by atoms with Gasteiger partial charge in [-0.2, -0.15) is 0 Å². The van der Waals surface area contributed by atoms with Gasteiger partial charge in [0.15, 0.2) is 0 Å². The molecule has 1 heterocycles. The molecule has 2 bridgehead atoms. The first-order chi connectivity index (χ1) is 6.83. The molecular formula is C12H24N2+2. The first-order valence-corrected chi connectivity index (χ1v) is 6.49. The largest absolute Gasteiger partial charge is 0.328 e. The molecule has 0 aromatic carbocycles. The SMILES string of the molecule is C[NH+]1CC[NH+]([C@H]2C[C@@H]3CC[C@H]2C3)CC1. The lowest BCUT2D eigenvalue weighted by Crippen LogP contribution is -3.28. The third-order valence-electron chi connectivity index (χ3n) is 5.01. The van der Waals surface area contributed by atoms with E-state index in [0.717, 1.165) is 17.9 Å². The van der Waals surface area contributed by atoms with Crippen LogP contribution in [0.25, 0.3) is 0 Å². The fourth-order valence-corrected chi connectivity index (χ4v) is 4.11. The van der Waals surface area contributed by atoms with E-state index < -0.39 is 0 Å². The molecule has 2 N–H and O–H groups in total. The Balaban J connectivity index is 1.61. The lowest BCUT2D eigenvalue weighted by atomic mass is 9.93. The van der Waals surface area contributed by atoms with Crippen LogP contribution >= 0.6 is 0 Å². The van der Waals surface area contributed by atoms with E-state index in [4.69, 9.17) is 0 Å². The summed E-state index contributed by atoms with van der Waals surface area (Å²) in [6.07, 6.45) is 6.26. The summed E-state index contributed by atoms with van der Waals surface area (Å²) < 4.78 is 0. The van der Waals surface area contributed by atoms with Crippen molar-refractivity contribution < 1.29 is 9.80 Å². The quantitative estimate of drug-likeness (QED) is 0.510. The lowest BCUT2D eigenvalue weighted by Gasteiger charge is -2.35. The molecule has 3 fully saturated rings. The van der Waals surface area contributed by atoms with Crippen LogP contribution in [0.2, 0.25) is 0 Å². The van der Waals surface area contributed by atoms with Gasteiger partial charge in [-0.15, -0.1) is 0 Å². The van der Waals surface area contributed by atoms with Gasteiger partial charge in [-0.1, -0.05) is 0 Å². The molecule has 14 heavy (non-hydrogen) atoms. The molecule has 0 aromatic heterocycles. The molecule has 3 rings (SSSR count). The molecule has 2 aliphatic carbocycles. The molecule has 0 amide bonds. The van der Waals surface area contributed by atoms with Gasteiger partial charge in [0.05, 0.1) is 13.1 Å². The number of hydrogen-bond donors (Lipinski definition) is 2. The highest BCUT2D eigenvalue weighted by Crippen LogP contribution is 2.43. The van der Waals surface area contributed by atoms with Crippen molar-refractivity contribution in [2.75, 3.05) is 33.2 Å². The Morgan fingerprint density at radius 3 is 2.29 bits per heavy atom. The molecule has 2 nitrogen and oxygen atoms in total. The second kappa shape index (κ2) is 3.49. The second-order valence-corrected chi connectivity index (χ2v) is 5.90. The van der Waals surface area contributed by atoms with Gasteiger partial charge in [0, 0.05) is 12.3 Å². The number of fused-ring (bicyclic) bond motifs is 2. The van der Waals surface area contributed by atoms with Crippen LogP contribution in [-0.2, 0) is 0 Å². The minimum atomic E-state index is 1.07. The summed E-state index contributed by atoms with van der Waals surface area (Å²) in [6, 6.07) is 1.07. The molecule has 0 aromatic rings. The molecule has 2 heteroatoms. The van der Waals surface area contributed by atoms with Gasteiger partial charge in [-0.3, -0.25) is 0 Å². The average molecular weight is 196 g/mol. The van der Waals surface area contributed by atoms with Gasteiger partial charge in [-0.25, -0.2) is 0 Å². The first kappa shape index (κ1) is 9.17. The van der Waals surface area contributed by atoms with Crippen molar-refractivity contribution in [1.29, 1.82) is 0 Å². The maximum absolute atomic E-state index is 2.34. The number of hydrogen-bond acceptors (Lipinski definition) is 0. The summed E-state index contributed by atoms with van der Waals surface area (Å²) in [5.74, 6) is 2.25. The van der Waals surface area contributed by atoms with Crippen molar-refractivity contribution >= 4 is 0 Å². The maximum Gasteiger partial charge on any atom is 0.127 e. The number of quaternary nitrogens is 2. The molecule has 2 saturated carbocycles. The van der Waals surface area contributed by atoms with Crippen LogP contribution in [-0.4, -0.2) is 39.3 Å². The molecule has 3 aliphatic rings. The van der Waals surface area contributed by atoms with Crippen LogP contribution < -0.4 is 9.80 Å². The Morgan fingerprint density at radius 1 is 0.929 bits per heavy atom. The second-order valence-electron chi connectivity index (χ2n) is 5.90. The molecule has 3 atom stereocenters. The molecular weight excluding hydrogens is 172 g/mol. The molecule has 0 radical (unpaired) electrons. The molecule has 0 unspecified atom stereocenters. The number of piperazine rings is 1. The van der Waals surface area contributed by atoms with Crippen molar-refractivity contribution in [3.05, 3.63) is 0 Å². The highest BCUT2D eigenvalue weighted by molar-refractivity contribution is 4.90. The molecule has 1 aliphatic heterocycles. The standard InChI is InChI=1S/C12H22N2/c1-13-4-6-14(7-5-13)12-9-10-2-3-11(12)8-10/h10-12H,2-9H2,1H3/p+2/t10-,11+,12+/m1/s1. The Bertz CT molecular complexity index is 208. The van der Waals surface area contributed by atoms with Gasteiger partial charge in [0.1, 0.15) is 26.2 Å². The summed E-state index contributed by atoms with van der Waals surface area (Å²) >= 11 is 0. The average Bonchev–Trinajstić information content (AvgIpc) is 2.80. The van der Waals surface area contributed by atoms with Gasteiger partial charge < -0.3 is 9.80 Å². The van der Waals surface area contributed by atoms with Crippen molar-refractivity contribution in [3.8, 4) is 0 Å². The zero-order chi connectivity index (χ0) is 9.54. The fourth-order valence-electron chi connectivity index (χ4n) is 4.11. The maximum atomic E-state index is 2.34. The summed E-state index contributed by atoms with van der Waals surface area (Å²) in [5, 5.41) is 0. The van der Waals surface area contributed by atoms with Crippen molar-refractivity contribution in [3.63, 3.8) is 0 Å². The van der Waals surface area contributed by atoms with Gasteiger partial charge >= 0.3 is 0 Å². The summed E-state index contributed by atoms with van der Waals surface area (Å²) in [4.78, 5) is 3.71. The Morgan fingerprint density at radius 2 is 1.71 bits per heavy atom. The van der Waals surface area contributed by atoms with E-state index in [0.29, 0.717) is 0 Å². The Hall–Kier alpha value is -0.0800. The van der Waals surface area contributed by atoms with E-state index in [2.05, 4.69) is 7.05 Å². The van der Waals surface area contributed by atoms with Crippen molar-refractivity contribution in [2.45, 2.75) is 31.7 Å². The van der Waals surface area contributed by atoms with Crippen LogP contribution in [0, 0.1) is 11.8 Å². The van der Waals surface area contributed by atoms with E-state index in [1.54, 1.807) is 30.6 Å². The van der Waals surface area contributed by atoms with E-state index in [-0.39, 0.29) is 0 Å². The topological polar surface area (TPSA) is 8.88 Å². The minimum Gasteiger partial charge on any atom is -0.328 e. The lowest BCUT2D eigenvalue weighted by molar-refractivity contribution is -1.02. The van der Waals surface area contributed by atoms with E-state index in [9.17, 15) is 0 Å². The van der Waals surface area contributed by atoms with Gasteiger partial charge in [0.2, 0.25) is 0 Å². The zero-order valence-electron chi connectivity index (χ0n) is 9.39. The predicted molar refractivity (Wildman–Crippen MR) is 56.6 cm³/mol. The van der Waals surface area contributed by atoms with Crippen LogP contribution in [0.15, 0.2) is 0 Å². The van der Waals surface area contributed by atoms with Crippen LogP contribution in [0.3, 0.4) is 0 Å². The Kier molecular flexibility index (Phi) is 2.29. The smallest absolute Gasteiger partial charge is 0.127 e. The van der Waals surface area contributed by atoms with Crippen LogP contribution in [0.5, 0.6) is 0 Å². The predicted octanol–water partition coefficient (Wildman–Crippen LogP) is -1.41. The summed E-state index contributed by atoms with van der Waals surface area (Å²) in [7, 11) is 2.34. The van der Waals surface area contributed by atoms with E-state index >= 15 is 0 Å². The Labute approximate surface area is 87.3 Å². The van der Waals surface area contributed by atoms with Crippen LogP contribution in [0.4, 0.5) is 0 Å². The van der Waals surface area contributed by atoms with E-state index in [1.165, 1.54) is 26.2 Å². The molecule has 0 spiro atoms. The fraction of sp³-hybridized carbons (Fsp3) is 1.00. The van der Waals surface area contributed by atoms with Gasteiger partial charge in [0.25, 0.3) is 0 Å². The third kappa shape index (κ3) is 1.49. The monoisotopic (exact) mass is 196 g/mol. The van der Waals surface area contributed by atoms with Crippen LogP contribution in [0.1, 0.15) is 25.7 Å². The first-order valence-electron chi connectivity index (χ1n) is 6.49. The summed E-state index contributed by atoms with van der Waals surface area (Å²) in [5.41, 5.74) is 0. The van der Waals surface area contributed by atoms with Gasteiger partial charge in [-0.05, 0) is 25.2 Å². The third-order valence-corrected chi connectivity index (χ3v) is 5.01. The number of nitrogens with one attached hydrogen (secondary N) is 2. The summed E-state index contributed by atoms with van der Waals surface area (Å²) in [6.45, 7) is 5.70. The van der Waals surface area contributed by atoms with Crippen molar-refractivity contribution in [1.82, 2.24) is 0 Å². The van der Waals surface area contributed by atoms with E-state index in [1.807, 2.05) is 4.90 Å². The van der Waals surface area contributed by atoms with Crippen molar-refractivity contribution in [2.24, 2.45) is 11.8 Å². The molecule has 1 saturated heterocycles. The minimum absolute atomic E-state index is 1.07. The highest BCUT2D eigenvalue weighted by atomic mass is 15.3. The number of rotatable bonds is 1. The molecule has 80 valence electrons.